The van der Waals surface area contributed by atoms with Crippen LogP contribution in [-0.4, -0.2) is 43.5 Å². The van der Waals surface area contributed by atoms with Gasteiger partial charge in [-0.15, -0.1) is 0 Å². The molecule has 28 heavy (non-hydrogen) atoms. The number of nitrogens with zero attached hydrogens (tertiary/aromatic N) is 3. The quantitative estimate of drug-likeness (QED) is 0.815. The standard InChI is InChI=1S/C19H24N4O4S/c1-13-10-12-23(19(13,2)3)17-14(7-6-11-20-17)18(24)22-28(25,26)16-9-5-8-15(21-16)27-4/h5-9,11,13H,10,12H2,1-4H3,(H,22,24). The SMILES string of the molecule is COc1cccc(S(=O)(=O)NC(=O)c2cccnc2N2CCC(C)C2(C)C)n1. The molecule has 1 atom stereocenters. The molecule has 1 aliphatic rings. The number of anilines is 1. The first-order chi connectivity index (χ1) is 13.2. The predicted molar refractivity (Wildman–Crippen MR) is 105 cm³/mol. The molecule has 150 valence electrons. The van der Waals surface area contributed by atoms with Gasteiger partial charge in [0.05, 0.1) is 12.7 Å². The van der Waals surface area contributed by atoms with Crippen LogP contribution in [0, 0.1) is 5.92 Å². The maximum absolute atomic E-state index is 12.8. The summed E-state index contributed by atoms with van der Waals surface area (Å²) in [4.78, 5) is 23.2. The van der Waals surface area contributed by atoms with Gasteiger partial charge in [0.15, 0.2) is 5.03 Å². The number of carbonyl (C=O) groups excluding carboxylic acids is 1. The van der Waals surface area contributed by atoms with Gasteiger partial charge in [-0.2, -0.15) is 13.4 Å². The zero-order chi connectivity index (χ0) is 20.5. The van der Waals surface area contributed by atoms with Gasteiger partial charge in [0.2, 0.25) is 5.88 Å². The third kappa shape index (κ3) is 3.66. The van der Waals surface area contributed by atoms with Crippen molar-refractivity contribution in [2.75, 3.05) is 18.6 Å². The van der Waals surface area contributed by atoms with E-state index in [2.05, 4.69) is 40.4 Å². The third-order valence-corrected chi connectivity index (χ3v) is 6.62. The number of hydrogen-bond donors (Lipinski definition) is 1. The average Bonchev–Trinajstić information content (AvgIpc) is 2.94. The zero-order valence-corrected chi connectivity index (χ0v) is 17.2. The largest absolute Gasteiger partial charge is 0.481 e. The van der Waals surface area contributed by atoms with E-state index >= 15 is 0 Å². The summed E-state index contributed by atoms with van der Waals surface area (Å²) >= 11 is 0. The number of hydrogen-bond acceptors (Lipinski definition) is 7. The van der Waals surface area contributed by atoms with Crippen LogP contribution >= 0.6 is 0 Å². The lowest BCUT2D eigenvalue weighted by atomic mass is 9.90. The van der Waals surface area contributed by atoms with Gasteiger partial charge in [-0.3, -0.25) is 4.79 Å². The number of amides is 1. The fraction of sp³-hybridized carbons (Fsp3) is 0.421. The molecule has 8 nitrogen and oxygen atoms in total. The molecule has 1 N–H and O–H groups in total. The van der Waals surface area contributed by atoms with E-state index in [4.69, 9.17) is 4.74 Å². The van der Waals surface area contributed by atoms with E-state index in [1.807, 2.05) is 0 Å². The molecule has 1 unspecified atom stereocenters. The average molecular weight is 404 g/mol. The minimum Gasteiger partial charge on any atom is -0.481 e. The van der Waals surface area contributed by atoms with Crippen LogP contribution < -0.4 is 14.4 Å². The van der Waals surface area contributed by atoms with Crippen LogP contribution in [0.1, 0.15) is 37.6 Å². The lowest BCUT2D eigenvalue weighted by Crippen LogP contribution is -2.43. The molecular formula is C19H24N4O4S. The Morgan fingerprint density at radius 3 is 2.68 bits per heavy atom. The fourth-order valence-corrected chi connectivity index (χ4v) is 4.21. The highest BCUT2D eigenvalue weighted by molar-refractivity contribution is 7.90. The number of pyridine rings is 2. The van der Waals surface area contributed by atoms with Gasteiger partial charge in [0, 0.05) is 24.3 Å². The summed E-state index contributed by atoms with van der Waals surface area (Å²) in [5.41, 5.74) is 0.00696. The highest BCUT2D eigenvalue weighted by atomic mass is 32.2. The van der Waals surface area contributed by atoms with E-state index < -0.39 is 15.9 Å². The molecule has 2 aromatic heterocycles. The van der Waals surface area contributed by atoms with E-state index in [0.717, 1.165) is 13.0 Å². The monoisotopic (exact) mass is 404 g/mol. The number of methoxy groups -OCH3 is 1. The van der Waals surface area contributed by atoms with Crippen molar-refractivity contribution in [2.24, 2.45) is 5.92 Å². The number of sulfonamides is 1. The number of rotatable bonds is 5. The number of nitrogens with one attached hydrogen (secondary N) is 1. The molecule has 1 aliphatic heterocycles. The highest BCUT2D eigenvalue weighted by Crippen LogP contribution is 2.38. The van der Waals surface area contributed by atoms with Crippen molar-refractivity contribution in [3.8, 4) is 5.88 Å². The lowest BCUT2D eigenvalue weighted by molar-refractivity contribution is 0.0981. The summed E-state index contributed by atoms with van der Waals surface area (Å²) in [6, 6.07) is 7.51. The van der Waals surface area contributed by atoms with Gasteiger partial charge in [-0.05, 0) is 44.4 Å². The van der Waals surface area contributed by atoms with Crippen molar-refractivity contribution in [1.82, 2.24) is 14.7 Å². The van der Waals surface area contributed by atoms with Gasteiger partial charge < -0.3 is 9.64 Å². The van der Waals surface area contributed by atoms with Crippen molar-refractivity contribution in [3.05, 3.63) is 42.1 Å². The zero-order valence-electron chi connectivity index (χ0n) is 16.3. The Labute approximate surface area is 165 Å². The Hall–Kier alpha value is -2.68. The summed E-state index contributed by atoms with van der Waals surface area (Å²) in [7, 11) is -2.77. The summed E-state index contributed by atoms with van der Waals surface area (Å²) in [5, 5.41) is -0.291. The summed E-state index contributed by atoms with van der Waals surface area (Å²) in [6.07, 6.45) is 2.57. The van der Waals surface area contributed by atoms with Crippen molar-refractivity contribution in [3.63, 3.8) is 0 Å². The number of carbonyl (C=O) groups is 1. The van der Waals surface area contributed by atoms with Crippen LogP contribution in [0.2, 0.25) is 0 Å². The van der Waals surface area contributed by atoms with Crippen LogP contribution in [0.5, 0.6) is 5.88 Å². The molecule has 1 fully saturated rings. The molecule has 1 saturated heterocycles. The van der Waals surface area contributed by atoms with Crippen molar-refractivity contribution < 1.29 is 17.9 Å². The Bertz CT molecular complexity index is 991. The number of ether oxygens (including phenoxy) is 1. The van der Waals surface area contributed by atoms with Crippen LogP contribution in [0.25, 0.3) is 0 Å². The van der Waals surface area contributed by atoms with Crippen molar-refractivity contribution in [1.29, 1.82) is 0 Å². The van der Waals surface area contributed by atoms with Crippen LogP contribution in [0.4, 0.5) is 5.82 Å². The Morgan fingerprint density at radius 1 is 1.29 bits per heavy atom. The Morgan fingerprint density at radius 2 is 2.04 bits per heavy atom. The molecule has 0 saturated carbocycles. The maximum Gasteiger partial charge on any atom is 0.281 e. The normalized spacial score (nSPS) is 18.7. The van der Waals surface area contributed by atoms with Crippen molar-refractivity contribution in [2.45, 2.75) is 37.8 Å². The van der Waals surface area contributed by atoms with E-state index in [1.54, 1.807) is 18.3 Å². The second kappa shape index (κ2) is 7.38. The first kappa shape index (κ1) is 20.1. The van der Waals surface area contributed by atoms with Gasteiger partial charge in [0.1, 0.15) is 5.82 Å². The molecule has 9 heteroatoms. The molecule has 0 aromatic carbocycles. The molecule has 3 heterocycles. The summed E-state index contributed by atoms with van der Waals surface area (Å²) in [5.74, 6) is 0.284. The molecule has 1 amide bonds. The molecule has 0 spiro atoms. The fourth-order valence-electron chi connectivity index (χ4n) is 3.29. The third-order valence-electron chi connectivity index (χ3n) is 5.38. The molecule has 2 aromatic rings. The molecule has 3 rings (SSSR count). The van der Waals surface area contributed by atoms with E-state index in [1.165, 1.54) is 25.3 Å². The van der Waals surface area contributed by atoms with Gasteiger partial charge in [0.25, 0.3) is 15.9 Å². The van der Waals surface area contributed by atoms with E-state index in [0.29, 0.717) is 11.7 Å². The Kier molecular flexibility index (Phi) is 5.29. The smallest absolute Gasteiger partial charge is 0.281 e. The second-order valence-corrected chi connectivity index (χ2v) is 8.95. The maximum atomic E-state index is 12.8. The topological polar surface area (TPSA) is 101 Å². The first-order valence-electron chi connectivity index (χ1n) is 8.97. The minimum absolute atomic E-state index is 0.144. The molecule has 0 aliphatic carbocycles. The minimum atomic E-state index is -4.16. The van der Waals surface area contributed by atoms with Crippen LogP contribution in [0.15, 0.2) is 41.6 Å². The lowest BCUT2D eigenvalue weighted by Gasteiger charge is -2.36. The second-order valence-electron chi connectivity index (χ2n) is 7.32. The molecular weight excluding hydrogens is 380 g/mol. The summed E-state index contributed by atoms with van der Waals surface area (Å²) < 4.78 is 32.3. The first-order valence-corrected chi connectivity index (χ1v) is 10.5. The van der Waals surface area contributed by atoms with Gasteiger partial charge in [-0.1, -0.05) is 13.0 Å². The molecule has 0 radical (unpaired) electrons. The van der Waals surface area contributed by atoms with Crippen LogP contribution in [0.3, 0.4) is 0 Å². The van der Waals surface area contributed by atoms with E-state index in [-0.39, 0.29) is 22.0 Å². The summed E-state index contributed by atoms with van der Waals surface area (Å²) in [6.45, 7) is 7.09. The Balaban J connectivity index is 1.92. The van der Waals surface area contributed by atoms with Crippen LogP contribution in [-0.2, 0) is 10.0 Å². The predicted octanol–water partition coefficient (Wildman–Crippen LogP) is 2.23. The van der Waals surface area contributed by atoms with Gasteiger partial charge in [-0.25, -0.2) is 9.71 Å². The van der Waals surface area contributed by atoms with Gasteiger partial charge >= 0.3 is 0 Å². The highest BCUT2D eigenvalue weighted by Gasteiger charge is 2.40. The van der Waals surface area contributed by atoms with E-state index in [9.17, 15) is 13.2 Å². The number of aromatic nitrogens is 2. The van der Waals surface area contributed by atoms with Crippen molar-refractivity contribution >= 4 is 21.7 Å². The molecule has 0 bridgehead atoms.